The third-order valence-electron chi connectivity index (χ3n) is 3.93. The van der Waals surface area contributed by atoms with E-state index in [4.69, 9.17) is 0 Å². The van der Waals surface area contributed by atoms with Crippen LogP contribution < -0.4 is 5.32 Å². The molecule has 2 unspecified atom stereocenters. The van der Waals surface area contributed by atoms with Crippen molar-refractivity contribution >= 4 is 11.7 Å². The Morgan fingerprint density at radius 1 is 1.45 bits per heavy atom. The van der Waals surface area contributed by atoms with Gasteiger partial charge in [0.05, 0.1) is 0 Å². The van der Waals surface area contributed by atoms with Crippen LogP contribution in [-0.2, 0) is 0 Å². The van der Waals surface area contributed by atoms with Crippen LogP contribution in [0.1, 0.15) is 36.2 Å². The number of hydrogen-bond acceptors (Lipinski definition) is 4. The van der Waals surface area contributed by atoms with Gasteiger partial charge in [0.2, 0.25) is 5.78 Å². The van der Waals surface area contributed by atoms with E-state index in [0.29, 0.717) is 11.5 Å². The molecule has 0 aliphatic heterocycles. The first-order valence-electron chi connectivity index (χ1n) is 6.99. The maximum Gasteiger partial charge on any atom is 0.271 e. The van der Waals surface area contributed by atoms with E-state index in [1.165, 1.54) is 0 Å². The van der Waals surface area contributed by atoms with E-state index in [1.54, 1.807) is 22.9 Å². The number of carbonyl (C=O) groups excluding carboxylic acids is 1. The summed E-state index contributed by atoms with van der Waals surface area (Å²) in [6.45, 7) is 0.123. The Hall–Kier alpha value is -1.95. The van der Waals surface area contributed by atoms with Crippen LogP contribution in [0.25, 0.3) is 5.78 Å². The molecule has 0 saturated heterocycles. The average molecular weight is 274 g/mol. The third kappa shape index (κ3) is 2.51. The van der Waals surface area contributed by atoms with Crippen LogP contribution >= 0.6 is 0 Å². The molecule has 106 valence electrons. The lowest BCUT2D eigenvalue weighted by atomic mass is 9.85. The van der Waals surface area contributed by atoms with Crippen molar-refractivity contribution in [2.45, 2.75) is 31.7 Å². The summed E-state index contributed by atoms with van der Waals surface area (Å²) in [5.74, 6) is 0.476. The van der Waals surface area contributed by atoms with Crippen molar-refractivity contribution in [3.63, 3.8) is 0 Å². The lowest BCUT2D eigenvalue weighted by Gasteiger charge is -2.30. The fourth-order valence-corrected chi connectivity index (χ4v) is 2.80. The van der Waals surface area contributed by atoms with E-state index in [0.717, 1.165) is 25.7 Å². The summed E-state index contributed by atoms with van der Waals surface area (Å²) in [5.41, 5.74) is 0.367. The van der Waals surface area contributed by atoms with Crippen LogP contribution in [0.5, 0.6) is 0 Å². The van der Waals surface area contributed by atoms with Crippen LogP contribution in [0.4, 0.5) is 0 Å². The molecule has 2 atom stereocenters. The standard InChI is InChI=1S/C14H18N4O2/c19-9-10-4-1-2-5-11(10)16-13(20)12-8-18-7-3-6-15-14(18)17-12/h3,6-8,10-11,19H,1-2,4-5,9H2,(H,16,20). The number of nitrogens with one attached hydrogen (secondary N) is 1. The highest BCUT2D eigenvalue weighted by Crippen LogP contribution is 2.24. The number of fused-ring (bicyclic) bond motifs is 1. The van der Waals surface area contributed by atoms with Gasteiger partial charge in [0, 0.05) is 37.2 Å². The van der Waals surface area contributed by atoms with Crippen molar-refractivity contribution in [3.8, 4) is 0 Å². The minimum atomic E-state index is -0.194. The van der Waals surface area contributed by atoms with E-state index in [2.05, 4.69) is 15.3 Å². The SMILES string of the molecule is O=C(NC1CCCCC1CO)c1cn2cccnc2n1. The van der Waals surface area contributed by atoms with Gasteiger partial charge < -0.3 is 10.4 Å². The normalized spacial score (nSPS) is 22.9. The molecule has 1 aliphatic rings. The van der Waals surface area contributed by atoms with Crippen molar-refractivity contribution in [2.75, 3.05) is 6.61 Å². The van der Waals surface area contributed by atoms with Crippen LogP contribution in [-0.4, -0.2) is 38.0 Å². The molecule has 1 saturated carbocycles. The molecule has 0 aromatic carbocycles. The van der Waals surface area contributed by atoms with Crippen molar-refractivity contribution in [2.24, 2.45) is 5.92 Å². The quantitative estimate of drug-likeness (QED) is 0.875. The Morgan fingerprint density at radius 3 is 3.10 bits per heavy atom. The largest absolute Gasteiger partial charge is 0.396 e. The summed E-state index contributed by atoms with van der Waals surface area (Å²) in [5, 5.41) is 12.4. The highest BCUT2D eigenvalue weighted by molar-refractivity contribution is 5.92. The highest BCUT2D eigenvalue weighted by Gasteiger charge is 2.26. The summed E-state index contributed by atoms with van der Waals surface area (Å²) in [6.07, 6.45) is 9.23. The van der Waals surface area contributed by atoms with Gasteiger partial charge in [0.1, 0.15) is 5.69 Å². The van der Waals surface area contributed by atoms with Crippen molar-refractivity contribution < 1.29 is 9.90 Å². The number of rotatable bonds is 3. The summed E-state index contributed by atoms with van der Waals surface area (Å²) in [4.78, 5) is 20.5. The van der Waals surface area contributed by atoms with Crippen molar-refractivity contribution in [3.05, 3.63) is 30.4 Å². The van der Waals surface area contributed by atoms with E-state index >= 15 is 0 Å². The third-order valence-corrected chi connectivity index (χ3v) is 3.93. The Labute approximate surface area is 116 Å². The number of carbonyl (C=O) groups is 1. The average Bonchev–Trinajstić information content (AvgIpc) is 2.92. The molecule has 0 bridgehead atoms. The molecule has 1 aliphatic carbocycles. The number of amides is 1. The number of imidazole rings is 1. The van der Waals surface area contributed by atoms with Crippen molar-refractivity contribution in [1.82, 2.24) is 19.7 Å². The number of aliphatic hydroxyl groups excluding tert-OH is 1. The van der Waals surface area contributed by atoms with Gasteiger partial charge in [-0.1, -0.05) is 12.8 Å². The number of nitrogens with zero attached hydrogens (tertiary/aromatic N) is 3. The molecule has 2 aromatic rings. The zero-order valence-electron chi connectivity index (χ0n) is 11.2. The second-order valence-electron chi connectivity index (χ2n) is 5.26. The second kappa shape index (κ2) is 5.58. The molecule has 2 N–H and O–H groups in total. The molecule has 3 rings (SSSR count). The van der Waals surface area contributed by atoms with Gasteiger partial charge in [-0.2, -0.15) is 0 Å². The Balaban J connectivity index is 1.75. The molecular weight excluding hydrogens is 256 g/mol. The summed E-state index contributed by atoms with van der Waals surface area (Å²) in [7, 11) is 0. The van der Waals surface area contributed by atoms with Gasteiger partial charge in [-0.05, 0) is 18.9 Å². The second-order valence-corrected chi connectivity index (χ2v) is 5.26. The van der Waals surface area contributed by atoms with E-state index < -0.39 is 0 Å². The molecule has 2 aromatic heterocycles. The summed E-state index contributed by atoms with van der Waals surface area (Å²) < 4.78 is 1.72. The smallest absolute Gasteiger partial charge is 0.271 e. The minimum Gasteiger partial charge on any atom is -0.396 e. The predicted molar refractivity (Wildman–Crippen MR) is 73.3 cm³/mol. The lowest BCUT2D eigenvalue weighted by Crippen LogP contribution is -2.43. The maximum atomic E-state index is 12.2. The van der Waals surface area contributed by atoms with Gasteiger partial charge in [0.25, 0.3) is 5.91 Å². The van der Waals surface area contributed by atoms with Crippen LogP contribution in [0.2, 0.25) is 0 Å². The van der Waals surface area contributed by atoms with Crippen molar-refractivity contribution in [1.29, 1.82) is 0 Å². The van der Waals surface area contributed by atoms with Crippen LogP contribution in [0, 0.1) is 5.92 Å². The molecule has 1 amide bonds. The summed E-state index contributed by atoms with van der Waals surface area (Å²) in [6, 6.07) is 1.83. The zero-order chi connectivity index (χ0) is 13.9. The van der Waals surface area contributed by atoms with Gasteiger partial charge in [0.15, 0.2) is 0 Å². The molecule has 6 nitrogen and oxygen atoms in total. The Morgan fingerprint density at radius 2 is 2.30 bits per heavy atom. The summed E-state index contributed by atoms with van der Waals surface area (Å²) >= 11 is 0. The van der Waals surface area contributed by atoms with Crippen LogP contribution in [0.3, 0.4) is 0 Å². The van der Waals surface area contributed by atoms with Gasteiger partial charge in [-0.15, -0.1) is 0 Å². The maximum absolute atomic E-state index is 12.2. The molecule has 20 heavy (non-hydrogen) atoms. The fraction of sp³-hybridized carbons (Fsp3) is 0.500. The zero-order valence-corrected chi connectivity index (χ0v) is 11.2. The molecule has 0 radical (unpaired) electrons. The minimum absolute atomic E-state index is 0.0408. The first-order chi connectivity index (χ1) is 9.78. The van der Waals surface area contributed by atoms with Gasteiger partial charge in [-0.25, -0.2) is 9.97 Å². The topological polar surface area (TPSA) is 79.5 Å². The number of aliphatic hydroxyl groups is 1. The molecule has 1 fully saturated rings. The first-order valence-corrected chi connectivity index (χ1v) is 6.99. The highest BCUT2D eigenvalue weighted by atomic mass is 16.3. The lowest BCUT2D eigenvalue weighted by molar-refractivity contribution is 0.0868. The van der Waals surface area contributed by atoms with E-state index in [-0.39, 0.29) is 24.5 Å². The Bertz CT molecular complexity index is 577. The van der Waals surface area contributed by atoms with Crippen LogP contribution in [0.15, 0.2) is 24.7 Å². The molecule has 6 heteroatoms. The number of aromatic nitrogens is 3. The predicted octanol–water partition coefficient (Wildman–Crippen LogP) is 1.01. The van der Waals surface area contributed by atoms with E-state index in [1.807, 2.05) is 6.20 Å². The molecule has 2 heterocycles. The monoisotopic (exact) mass is 274 g/mol. The van der Waals surface area contributed by atoms with Gasteiger partial charge in [-0.3, -0.25) is 9.20 Å². The Kier molecular flexibility index (Phi) is 3.64. The molecule has 0 spiro atoms. The number of hydrogen-bond donors (Lipinski definition) is 2. The van der Waals surface area contributed by atoms with Gasteiger partial charge >= 0.3 is 0 Å². The fourth-order valence-electron chi connectivity index (χ4n) is 2.80. The first kappa shape index (κ1) is 13.1. The van der Waals surface area contributed by atoms with E-state index in [9.17, 15) is 9.90 Å². The molecular formula is C14H18N4O2.